The molecule has 0 amide bonds. The number of halogens is 1. The molecule has 0 N–H and O–H groups in total. The van der Waals surface area contributed by atoms with Gasteiger partial charge < -0.3 is 4.57 Å². The Morgan fingerprint density at radius 3 is 2.88 bits per heavy atom. The largest absolute Gasteiger partial charge is 0.344 e. The van der Waals surface area contributed by atoms with Crippen molar-refractivity contribution in [3.63, 3.8) is 0 Å². The Balaban J connectivity index is 2.42. The van der Waals surface area contributed by atoms with E-state index >= 15 is 0 Å². The minimum atomic E-state index is 1.10. The van der Waals surface area contributed by atoms with Crippen LogP contribution in [0.2, 0.25) is 0 Å². The lowest BCUT2D eigenvalue weighted by molar-refractivity contribution is 0.796. The molecule has 0 bridgehead atoms. The number of benzene rings is 1. The van der Waals surface area contributed by atoms with Gasteiger partial charge in [0.05, 0.1) is 0 Å². The quantitative estimate of drug-likeness (QED) is 0.644. The van der Waals surface area contributed by atoms with Gasteiger partial charge in [0.1, 0.15) is 0 Å². The summed E-state index contributed by atoms with van der Waals surface area (Å²) in [6, 6.07) is 8.60. The van der Waals surface area contributed by atoms with Gasteiger partial charge in [-0.25, -0.2) is 0 Å². The standard InChI is InChI=1S/C14H14ClN/c1-16-13-8-3-2-6-11(13)12-7-4-5-10(9-15)14(12)16/h2-3,6,8-9H,4-5,7H2,1H3. The number of nitrogens with zero attached hydrogens (tertiary/aromatic N) is 1. The Morgan fingerprint density at radius 2 is 2.06 bits per heavy atom. The molecule has 2 aromatic rings. The van der Waals surface area contributed by atoms with Crippen LogP contribution in [0.25, 0.3) is 16.5 Å². The average molecular weight is 232 g/mol. The Morgan fingerprint density at radius 1 is 1.25 bits per heavy atom. The number of hydrogen-bond donors (Lipinski definition) is 0. The number of aryl methyl sites for hydroxylation is 2. The second-order valence-electron chi connectivity index (χ2n) is 4.39. The zero-order chi connectivity index (χ0) is 11.1. The van der Waals surface area contributed by atoms with Crippen molar-refractivity contribution in [3.05, 3.63) is 41.1 Å². The third-order valence-corrected chi connectivity index (χ3v) is 3.78. The molecule has 0 saturated carbocycles. The lowest BCUT2D eigenvalue weighted by Crippen LogP contribution is -2.04. The smallest absolute Gasteiger partial charge is 0.0488 e. The van der Waals surface area contributed by atoms with Crippen LogP contribution in [-0.4, -0.2) is 4.57 Å². The normalized spacial score (nSPS) is 18.0. The molecule has 0 saturated heterocycles. The first-order valence-electron chi connectivity index (χ1n) is 5.69. The van der Waals surface area contributed by atoms with E-state index in [-0.39, 0.29) is 0 Å². The fraction of sp³-hybridized carbons (Fsp3) is 0.286. The van der Waals surface area contributed by atoms with Crippen LogP contribution in [-0.2, 0) is 13.5 Å². The molecule has 1 heterocycles. The first-order chi connectivity index (χ1) is 7.83. The van der Waals surface area contributed by atoms with Gasteiger partial charge in [0.2, 0.25) is 0 Å². The second-order valence-corrected chi connectivity index (χ2v) is 4.61. The zero-order valence-corrected chi connectivity index (χ0v) is 10.1. The molecule has 1 nitrogen and oxygen atoms in total. The van der Waals surface area contributed by atoms with E-state index in [1.807, 2.05) is 0 Å². The van der Waals surface area contributed by atoms with Gasteiger partial charge in [0, 0.05) is 29.2 Å². The summed E-state index contributed by atoms with van der Waals surface area (Å²) in [5.41, 5.74) is 7.14. The van der Waals surface area contributed by atoms with E-state index < -0.39 is 0 Å². The maximum absolute atomic E-state index is 5.93. The van der Waals surface area contributed by atoms with Crippen LogP contribution in [0.3, 0.4) is 0 Å². The molecular formula is C14H14ClN. The number of hydrogen-bond acceptors (Lipinski definition) is 0. The minimum Gasteiger partial charge on any atom is -0.344 e. The fourth-order valence-electron chi connectivity index (χ4n) is 2.81. The monoisotopic (exact) mass is 231 g/mol. The van der Waals surface area contributed by atoms with E-state index in [2.05, 4.69) is 35.9 Å². The SMILES string of the molecule is Cn1c2c(c3ccccc31)CCCC2=CCl. The van der Waals surface area contributed by atoms with Crippen molar-refractivity contribution >= 4 is 28.1 Å². The van der Waals surface area contributed by atoms with Crippen molar-refractivity contribution in [2.45, 2.75) is 19.3 Å². The molecule has 16 heavy (non-hydrogen) atoms. The Kier molecular flexibility index (Phi) is 2.29. The Bertz CT molecular complexity index is 578. The predicted molar refractivity (Wildman–Crippen MR) is 69.7 cm³/mol. The van der Waals surface area contributed by atoms with Crippen LogP contribution >= 0.6 is 11.6 Å². The van der Waals surface area contributed by atoms with E-state index in [0.29, 0.717) is 0 Å². The lowest BCUT2D eigenvalue weighted by Gasteiger charge is -2.16. The van der Waals surface area contributed by atoms with Crippen LogP contribution in [0, 0.1) is 0 Å². The molecule has 0 unspecified atom stereocenters. The van der Waals surface area contributed by atoms with Crippen molar-refractivity contribution in [3.8, 4) is 0 Å². The highest BCUT2D eigenvalue weighted by Gasteiger charge is 2.21. The maximum Gasteiger partial charge on any atom is 0.0488 e. The molecule has 1 aliphatic rings. The molecule has 1 aromatic heterocycles. The summed E-state index contributed by atoms with van der Waals surface area (Å²) in [6.45, 7) is 0. The van der Waals surface area contributed by atoms with E-state index in [1.54, 1.807) is 5.54 Å². The van der Waals surface area contributed by atoms with Crippen molar-refractivity contribution in [1.82, 2.24) is 4.57 Å². The molecule has 0 atom stereocenters. The first kappa shape index (κ1) is 9.98. The van der Waals surface area contributed by atoms with E-state index in [0.717, 1.165) is 6.42 Å². The maximum atomic E-state index is 5.93. The summed E-state index contributed by atoms with van der Waals surface area (Å²) in [5, 5.41) is 1.38. The molecule has 0 radical (unpaired) electrons. The van der Waals surface area contributed by atoms with Gasteiger partial charge in [0.15, 0.2) is 0 Å². The fourth-order valence-corrected chi connectivity index (χ4v) is 3.03. The summed E-state index contributed by atoms with van der Waals surface area (Å²) in [5.74, 6) is 0. The van der Waals surface area contributed by atoms with Crippen molar-refractivity contribution in [2.75, 3.05) is 0 Å². The zero-order valence-electron chi connectivity index (χ0n) is 9.33. The topological polar surface area (TPSA) is 4.93 Å². The highest BCUT2D eigenvalue weighted by atomic mass is 35.5. The van der Waals surface area contributed by atoms with E-state index in [1.165, 1.54) is 40.6 Å². The average Bonchev–Trinajstić information content (AvgIpc) is 2.64. The third kappa shape index (κ3) is 1.24. The minimum absolute atomic E-state index is 1.10. The highest BCUT2D eigenvalue weighted by molar-refractivity contribution is 6.28. The summed E-state index contributed by atoms with van der Waals surface area (Å²) >= 11 is 5.93. The molecule has 2 heteroatoms. The highest BCUT2D eigenvalue weighted by Crippen LogP contribution is 2.37. The van der Waals surface area contributed by atoms with Gasteiger partial charge in [0.25, 0.3) is 0 Å². The van der Waals surface area contributed by atoms with E-state index in [4.69, 9.17) is 11.6 Å². The van der Waals surface area contributed by atoms with Crippen LogP contribution in [0.1, 0.15) is 24.1 Å². The number of para-hydroxylation sites is 1. The molecular weight excluding hydrogens is 218 g/mol. The van der Waals surface area contributed by atoms with Gasteiger partial charge in [-0.3, -0.25) is 0 Å². The number of aromatic nitrogens is 1. The van der Waals surface area contributed by atoms with Crippen molar-refractivity contribution in [2.24, 2.45) is 7.05 Å². The Labute approximate surface area is 100 Å². The molecule has 1 aromatic carbocycles. The van der Waals surface area contributed by atoms with Crippen LogP contribution in [0.5, 0.6) is 0 Å². The molecule has 82 valence electrons. The van der Waals surface area contributed by atoms with E-state index in [9.17, 15) is 0 Å². The molecule has 0 spiro atoms. The van der Waals surface area contributed by atoms with Gasteiger partial charge in [-0.05, 0) is 36.5 Å². The van der Waals surface area contributed by atoms with Gasteiger partial charge in [-0.15, -0.1) is 0 Å². The summed E-state index contributed by atoms with van der Waals surface area (Å²) in [4.78, 5) is 0. The van der Waals surface area contributed by atoms with Gasteiger partial charge in [-0.1, -0.05) is 29.8 Å². The summed E-state index contributed by atoms with van der Waals surface area (Å²) < 4.78 is 2.28. The molecule has 1 aliphatic carbocycles. The Hall–Kier alpha value is -1.21. The van der Waals surface area contributed by atoms with Crippen LogP contribution in [0.4, 0.5) is 0 Å². The number of allylic oxidation sites excluding steroid dienone is 1. The van der Waals surface area contributed by atoms with Crippen molar-refractivity contribution in [1.29, 1.82) is 0 Å². The van der Waals surface area contributed by atoms with Crippen molar-refractivity contribution < 1.29 is 0 Å². The molecule has 3 rings (SSSR count). The van der Waals surface area contributed by atoms with Crippen LogP contribution in [0.15, 0.2) is 29.8 Å². The first-order valence-corrected chi connectivity index (χ1v) is 6.12. The van der Waals surface area contributed by atoms with Gasteiger partial charge >= 0.3 is 0 Å². The summed E-state index contributed by atoms with van der Waals surface area (Å²) in [6.07, 6.45) is 3.48. The predicted octanol–water partition coefficient (Wildman–Crippen LogP) is 4.09. The third-order valence-electron chi connectivity index (χ3n) is 3.52. The lowest BCUT2D eigenvalue weighted by atomic mass is 9.92. The van der Waals surface area contributed by atoms with Gasteiger partial charge in [-0.2, -0.15) is 0 Å². The number of fused-ring (bicyclic) bond motifs is 3. The molecule has 0 aliphatic heterocycles. The second kappa shape index (κ2) is 3.67. The number of rotatable bonds is 0. The van der Waals surface area contributed by atoms with Crippen LogP contribution < -0.4 is 0 Å². The molecule has 0 fully saturated rings. The summed E-state index contributed by atoms with van der Waals surface area (Å²) in [7, 11) is 2.13.